The molecule has 1 aromatic rings. The summed E-state index contributed by atoms with van der Waals surface area (Å²) in [5, 5.41) is 0. The SMILES string of the molecule is CCCC(C)OC(=O)O[C@@H](C)[C@H](C)OC(=O)[C@@H](N)Cc1ccc(OC(=O)C(C)C(C)C)c(OC(=O)C(C)C(C)C)c1. The fourth-order valence-corrected chi connectivity index (χ4v) is 3.40. The highest BCUT2D eigenvalue weighted by Crippen LogP contribution is 2.31. The molecule has 2 N–H and O–H groups in total. The van der Waals surface area contributed by atoms with Gasteiger partial charge in [-0.1, -0.05) is 61.0 Å². The maximum Gasteiger partial charge on any atom is 0.508 e. The minimum atomic E-state index is -1.06. The molecule has 0 spiro atoms. The molecule has 0 aliphatic heterocycles. The Morgan fingerprint density at radius 2 is 1.22 bits per heavy atom. The van der Waals surface area contributed by atoms with Crippen LogP contribution in [0, 0.1) is 23.7 Å². The van der Waals surface area contributed by atoms with Crippen LogP contribution in [-0.4, -0.2) is 48.4 Å². The van der Waals surface area contributed by atoms with Crippen LogP contribution in [0.25, 0.3) is 0 Å². The number of ether oxygens (including phenoxy) is 5. The Bertz CT molecular complexity index is 1020. The van der Waals surface area contributed by atoms with E-state index >= 15 is 0 Å². The quantitative estimate of drug-likeness (QED) is 0.206. The summed E-state index contributed by atoms with van der Waals surface area (Å²) >= 11 is 0. The lowest BCUT2D eigenvalue weighted by Crippen LogP contribution is -2.39. The van der Waals surface area contributed by atoms with Crippen LogP contribution in [0.2, 0.25) is 0 Å². The summed E-state index contributed by atoms with van der Waals surface area (Å²) in [6, 6.07) is 3.63. The number of hydrogen-bond acceptors (Lipinski definition) is 10. The molecule has 0 aliphatic carbocycles. The molecular formula is C31H49NO9. The Hall–Kier alpha value is -3.14. The first-order valence-electron chi connectivity index (χ1n) is 14.5. The second kappa shape index (κ2) is 17.0. The van der Waals surface area contributed by atoms with Gasteiger partial charge in [-0.2, -0.15) is 0 Å². The molecule has 0 aromatic heterocycles. The average Bonchev–Trinajstić information content (AvgIpc) is 2.88. The van der Waals surface area contributed by atoms with Crippen molar-refractivity contribution in [1.82, 2.24) is 0 Å². The molecule has 1 aromatic carbocycles. The van der Waals surface area contributed by atoms with E-state index in [1.807, 2.05) is 34.6 Å². The van der Waals surface area contributed by atoms with Crippen LogP contribution >= 0.6 is 0 Å². The van der Waals surface area contributed by atoms with Crippen molar-refractivity contribution in [2.75, 3.05) is 0 Å². The molecule has 0 saturated heterocycles. The van der Waals surface area contributed by atoms with E-state index in [1.165, 1.54) is 12.1 Å². The number of esters is 3. The van der Waals surface area contributed by atoms with E-state index in [0.717, 1.165) is 6.42 Å². The molecule has 41 heavy (non-hydrogen) atoms. The molecule has 0 amide bonds. The fraction of sp³-hybridized carbons (Fsp3) is 0.677. The maximum atomic E-state index is 12.7. The fourth-order valence-electron chi connectivity index (χ4n) is 3.40. The summed E-state index contributed by atoms with van der Waals surface area (Å²) in [5.74, 6) is -2.12. The first kappa shape index (κ1) is 35.9. The average molecular weight is 580 g/mol. The van der Waals surface area contributed by atoms with Crippen molar-refractivity contribution in [3.63, 3.8) is 0 Å². The third-order valence-corrected chi connectivity index (χ3v) is 7.17. The molecule has 3 unspecified atom stereocenters. The van der Waals surface area contributed by atoms with Crippen LogP contribution in [0.1, 0.15) is 87.6 Å². The highest BCUT2D eigenvalue weighted by molar-refractivity contribution is 5.79. The van der Waals surface area contributed by atoms with E-state index in [4.69, 9.17) is 29.4 Å². The second-order valence-corrected chi connectivity index (χ2v) is 11.4. The summed E-state index contributed by atoms with van der Waals surface area (Å²) in [6.07, 6.45) is -1.02. The minimum Gasteiger partial charge on any atom is -0.458 e. The summed E-state index contributed by atoms with van der Waals surface area (Å²) in [4.78, 5) is 50.0. The van der Waals surface area contributed by atoms with Crippen LogP contribution in [0.15, 0.2) is 18.2 Å². The zero-order chi connectivity index (χ0) is 31.4. The molecule has 0 radical (unpaired) electrons. The summed E-state index contributed by atoms with van der Waals surface area (Å²) in [7, 11) is 0. The molecule has 10 heteroatoms. The van der Waals surface area contributed by atoms with E-state index in [2.05, 4.69) is 0 Å². The molecule has 1 rings (SSSR count). The monoisotopic (exact) mass is 579 g/mol. The summed E-state index contributed by atoms with van der Waals surface area (Å²) in [6.45, 7) is 18.1. The van der Waals surface area contributed by atoms with Crippen LogP contribution < -0.4 is 15.2 Å². The van der Waals surface area contributed by atoms with E-state index in [0.29, 0.717) is 12.0 Å². The van der Waals surface area contributed by atoms with Crippen molar-refractivity contribution in [3.8, 4) is 11.5 Å². The van der Waals surface area contributed by atoms with Crippen LogP contribution in [-0.2, 0) is 35.0 Å². The van der Waals surface area contributed by atoms with Crippen molar-refractivity contribution >= 4 is 24.1 Å². The molecule has 0 fully saturated rings. The van der Waals surface area contributed by atoms with Gasteiger partial charge in [0.15, 0.2) is 11.5 Å². The van der Waals surface area contributed by atoms with E-state index < -0.39 is 48.2 Å². The van der Waals surface area contributed by atoms with Crippen molar-refractivity contribution in [2.45, 2.75) is 113 Å². The van der Waals surface area contributed by atoms with Crippen molar-refractivity contribution < 1.29 is 42.9 Å². The molecule has 0 aliphatic rings. The van der Waals surface area contributed by atoms with Crippen molar-refractivity contribution in [1.29, 1.82) is 0 Å². The number of carbonyl (C=O) groups excluding carboxylic acids is 4. The van der Waals surface area contributed by atoms with Gasteiger partial charge in [0, 0.05) is 0 Å². The smallest absolute Gasteiger partial charge is 0.458 e. The van der Waals surface area contributed by atoms with Gasteiger partial charge < -0.3 is 29.4 Å². The van der Waals surface area contributed by atoms with Crippen molar-refractivity contribution in [3.05, 3.63) is 23.8 Å². The van der Waals surface area contributed by atoms with Gasteiger partial charge in [0.2, 0.25) is 0 Å². The predicted molar refractivity (Wildman–Crippen MR) is 154 cm³/mol. The highest BCUT2D eigenvalue weighted by Gasteiger charge is 2.27. The third kappa shape index (κ3) is 12.1. The topological polar surface area (TPSA) is 140 Å². The van der Waals surface area contributed by atoms with Crippen LogP contribution in [0.4, 0.5) is 4.79 Å². The zero-order valence-corrected chi connectivity index (χ0v) is 26.2. The van der Waals surface area contributed by atoms with E-state index in [9.17, 15) is 19.2 Å². The van der Waals surface area contributed by atoms with Gasteiger partial charge >= 0.3 is 24.1 Å². The molecule has 6 atom stereocenters. The van der Waals surface area contributed by atoms with Crippen LogP contribution in [0.3, 0.4) is 0 Å². The van der Waals surface area contributed by atoms with Gasteiger partial charge in [-0.15, -0.1) is 0 Å². The molecule has 0 saturated carbocycles. The van der Waals surface area contributed by atoms with Gasteiger partial charge in [0.05, 0.1) is 11.8 Å². The molecule has 232 valence electrons. The van der Waals surface area contributed by atoms with Crippen molar-refractivity contribution in [2.24, 2.45) is 29.4 Å². The first-order chi connectivity index (χ1) is 19.1. The van der Waals surface area contributed by atoms with Gasteiger partial charge in [-0.25, -0.2) is 4.79 Å². The lowest BCUT2D eigenvalue weighted by atomic mass is 9.98. The van der Waals surface area contributed by atoms with Crippen LogP contribution in [0.5, 0.6) is 11.5 Å². The van der Waals surface area contributed by atoms with Gasteiger partial charge in [-0.05, 0) is 63.1 Å². The van der Waals surface area contributed by atoms with E-state index in [1.54, 1.807) is 40.7 Å². The Balaban J connectivity index is 2.97. The Kier molecular flexibility index (Phi) is 14.8. The minimum absolute atomic E-state index is 0.0378. The third-order valence-electron chi connectivity index (χ3n) is 7.17. The Morgan fingerprint density at radius 1 is 0.707 bits per heavy atom. The second-order valence-electron chi connectivity index (χ2n) is 11.4. The molecule has 0 heterocycles. The number of benzene rings is 1. The number of hydrogen-bond donors (Lipinski definition) is 1. The lowest BCUT2D eigenvalue weighted by molar-refractivity contribution is -0.155. The maximum absolute atomic E-state index is 12.7. The van der Waals surface area contributed by atoms with E-state index in [-0.39, 0.29) is 41.8 Å². The van der Waals surface area contributed by atoms with Gasteiger partial charge in [-0.3, -0.25) is 14.4 Å². The molecule has 0 bridgehead atoms. The zero-order valence-electron chi connectivity index (χ0n) is 26.2. The Morgan fingerprint density at radius 3 is 1.73 bits per heavy atom. The summed E-state index contributed by atoms with van der Waals surface area (Å²) in [5.41, 5.74) is 6.70. The standard InChI is InChI=1S/C31H49NO9/c1-11-12-19(6)37-31(36)39-23(10)22(9)38-30(35)25(32)15-24-13-14-26(40-28(33)20(7)17(2)3)27(16-24)41-29(34)21(8)18(4)5/h13-14,16-23,25H,11-12,15,32H2,1-10H3/t19?,20?,21?,22-,23-,25-/m0/s1. The first-order valence-corrected chi connectivity index (χ1v) is 14.5. The predicted octanol–water partition coefficient (Wildman–Crippen LogP) is 5.61. The number of nitrogens with two attached hydrogens (primary N) is 1. The number of carbonyl (C=O) groups is 4. The number of rotatable bonds is 15. The summed E-state index contributed by atoms with van der Waals surface area (Å²) < 4.78 is 27.0. The molecular weight excluding hydrogens is 530 g/mol. The van der Waals surface area contributed by atoms with Gasteiger partial charge in [0.25, 0.3) is 0 Å². The Labute approximate surface area is 244 Å². The van der Waals surface area contributed by atoms with Gasteiger partial charge in [0.1, 0.15) is 24.4 Å². The molecule has 10 nitrogen and oxygen atoms in total. The largest absolute Gasteiger partial charge is 0.508 e. The lowest BCUT2D eigenvalue weighted by Gasteiger charge is -2.23. The highest BCUT2D eigenvalue weighted by atomic mass is 16.7. The normalized spacial score (nSPS) is 15.7.